The van der Waals surface area contributed by atoms with E-state index in [0.29, 0.717) is 18.4 Å². The molecule has 0 N–H and O–H groups in total. The van der Waals surface area contributed by atoms with Crippen molar-refractivity contribution < 1.29 is 13.2 Å². The van der Waals surface area contributed by atoms with Crippen molar-refractivity contribution in [2.75, 3.05) is 0 Å². The molecule has 1 atom stereocenters. The van der Waals surface area contributed by atoms with Crippen molar-refractivity contribution in [1.82, 2.24) is 0 Å². The van der Waals surface area contributed by atoms with Gasteiger partial charge in [-0.25, -0.2) is 0 Å². The average molecular weight is 214 g/mol. The summed E-state index contributed by atoms with van der Waals surface area (Å²) in [5.41, 5.74) is -0.951. The Hall–Kier alpha value is -1.35. The maximum absolute atomic E-state index is 12.2. The van der Waals surface area contributed by atoms with Crippen molar-refractivity contribution in [2.24, 2.45) is 5.92 Å². The number of halogens is 3. The number of hydrogen-bond donors (Lipinski definition) is 0. The molecule has 0 aromatic rings. The van der Waals surface area contributed by atoms with Gasteiger partial charge in [0.15, 0.2) is 0 Å². The minimum absolute atomic E-state index is 0.304. The number of rotatable bonds is 2. The largest absolute Gasteiger partial charge is 0.424 e. The normalized spacial score (nSPS) is 13.7. The highest BCUT2D eigenvalue weighted by molar-refractivity contribution is 5.37. The second-order valence-electron chi connectivity index (χ2n) is 3.24. The van der Waals surface area contributed by atoms with Gasteiger partial charge in [0, 0.05) is 12.5 Å². The van der Waals surface area contributed by atoms with Crippen LogP contribution in [0.4, 0.5) is 13.2 Å². The van der Waals surface area contributed by atoms with Crippen LogP contribution in [0.3, 0.4) is 0 Å². The van der Waals surface area contributed by atoms with Crippen LogP contribution in [-0.4, -0.2) is 6.18 Å². The van der Waals surface area contributed by atoms with Crippen molar-refractivity contribution in [3.63, 3.8) is 0 Å². The first kappa shape index (κ1) is 13.7. The van der Waals surface area contributed by atoms with Gasteiger partial charge in [-0.15, -0.1) is 6.42 Å². The summed E-state index contributed by atoms with van der Waals surface area (Å²) < 4.78 is 36.7. The SMILES string of the molecule is C#C/C=C(\C#CCC(C)CC)C(F)(F)F. The monoisotopic (exact) mass is 214 g/mol. The highest BCUT2D eigenvalue weighted by atomic mass is 19.4. The third kappa shape index (κ3) is 5.86. The van der Waals surface area contributed by atoms with Gasteiger partial charge >= 0.3 is 6.18 Å². The molecule has 0 radical (unpaired) electrons. The molecule has 0 aromatic heterocycles. The number of alkyl halides is 3. The van der Waals surface area contributed by atoms with E-state index in [-0.39, 0.29) is 0 Å². The maximum Gasteiger partial charge on any atom is 0.424 e. The van der Waals surface area contributed by atoms with E-state index in [9.17, 15) is 13.2 Å². The lowest BCUT2D eigenvalue weighted by atomic mass is 10.1. The molecule has 1 unspecified atom stereocenters. The van der Waals surface area contributed by atoms with E-state index >= 15 is 0 Å². The molecule has 0 saturated heterocycles. The molecule has 3 heteroatoms. The Bertz CT molecular complexity index is 317. The molecule has 15 heavy (non-hydrogen) atoms. The van der Waals surface area contributed by atoms with Gasteiger partial charge in [-0.1, -0.05) is 38.0 Å². The summed E-state index contributed by atoms with van der Waals surface area (Å²) in [6, 6.07) is 0. The summed E-state index contributed by atoms with van der Waals surface area (Å²) in [5, 5.41) is 0. The molecule has 0 aliphatic rings. The van der Waals surface area contributed by atoms with Gasteiger partial charge in [-0.3, -0.25) is 0 Å². The van der Waals surface area contributed by atoms with E-state index in [1.165, 1.54) is 0 Å². The zero-order valence-electron chi connectivity index (χ0n) is 8.78. The van der Waals surface area contributed by atoms with Crippen LogP contribution in [0.1, 0.15) is 26.7 Å². The van der Waals surface area contributed by atoms with Crippen LogP contribution < -0.4 is 0 Å². The molecule has 0 aliphatic carbocycles. The molecule has 0 fully saturated rings. The zero-order chi connectivity index (χ0) is 11.9. The lowest BCUT2D eigenvalue weighted by molar-refractivity contribution is -0.0871. The summed E-state index contributed by atoms with van der Waals surface area (Å²) in [7, 11) is 0. The summed E-state index contributed by atoms with van der Waals surface area (Å²) in [6.45, 7) is 3.90. The third-order valence-electron chi connectivity index (χ3n) is 1.90. The quantitative estimate of drug-likeness (QED) is 0.617. The van der Waals surface area contributed by atoms with E-state index in [4.69, 9.17) is 6.42 Å². The van der Waals surface area contributed by atoms with E-state index < -0.39 is 11.7 Å². The summed E-state index contributed by atoms with van der Waals surface area (Å²) >= 11 is 0. The summed E-state index contributed by atoms with van der Waals surface area (Å²) in [5.74, 6) is 6.71. The summed E-state index contributed by atoms with van der Waals surface area (Å²) in [4.78, 5) is 0. The van der Waals surface area contributed by atoms with Crippen molar-refractivity contribution in [1.29, 1.82) is 0 Å². The standard InChI is InChI=1S/C12H13F3/c1-4-7-11(12(13,14)15)9-6-8-10(3)5-2/h1,7,10H,5,8H2,2-3H3/b11-7+. The minimum Gasteiger partial charge on any atom is -0.165 e. The second-order valence-corrected chi connectivity index (χ2v) is 3.24. The van der Waals surface area contributed by atoms with Gasteiger partial charge in [0.2, 0.25) is 0 Å². The number of terminal acetylenes is 1. The molecule has 0 aliphatic heterocycles. The maximum atomic E-state index is 12.2. The molecule has 0 aromatic carbocycles. The van der Waals surface area contributed by atoms with Crippen molar-refractivity contribution in [3.05, 3.63) is 11.6 Å². The fourth-order valence-corrected chi connectivity index (χ4v) is 0.737. The lowest BCUT2D eigenvalue weighted by Crippen LogP contribution is -2.10. The Morgan fingerprint density at radius 1 is 1.47 bits per heavy atom. The molecule has 0 heterocycles. The molecule has 0 saturated carbocycles. The van der Waals surface area contributed by atoms with Gasteiger partial charge in [-0.2, -0.15) is 13.2 Å². The van der Waals surface area contributed by atoms with Crippen LogP contribution in [-0.2, 0) is 0 Å². The average Bonchev–Trinajstić information content (AvgIpc) is 2.14. The highest BCUT2D eigenvalue weighted by Gasteiger charge is 2.32. The van der Waals surface area contributed by atoms with Crippen molar-refractivity contribution in [3.8, 4) is 24.2 Å². The van der Waals surface area contributed by atoms with Crippen LogP contribution in [0.2, 0.25) is 0 Å². The first-order chi connectivity index (χ1) is 6.91. The van der Waals surface area contributed by atoms with Crippen LogP contribution in [0, 0.1) is 30.1 Å². The molecule has 0 spiro atoms. The smallest absolute Gasteiger partial charge is 0.165 e. The number of allylic oxidation sites excluding steroid dienone is 2. The van der Waals surface area contributed by atoms with Gasteiger partial charge in [0.1, 0.15) is 5.57 Å². The fourth-order valence-electron chi connectivity index (χ4n) is 0.737. The predicted octanol–water partition coefficient (Wildman–Crippen LogP) is 3.55. The van der Waals surface area contributed by atoms with E-state index in [0.717, 1.165) is 6.42 Å². The number of hydrogen-bond acceptors (Lipinski definition) is 0. The first-order valence-corrected chi connectivity index (χ1v) is 4.64. The van der Waals surface area contributed by atoms with Gasteiger partial charge in [0.05, 0.1) is 0 Å². The molecule has 0 nitrogen and oxygen atoms in total. The Kier molecular flexibility index (Phi) is 5.64. The topological polar surface area (TPSA) is 0 Å². The van der Waals surface area contributed by atoms with E-state index in [2.05, 4.69) is 11.8 Å². The minimum atomic E-state index is -4.45. The van der Waals surface area contributed by atoms with E-state index in [1.807, 2.05) is 19.8 Å². The molecule has 82 valence electrons. The fraction of sp³-hybridized carbons (Fsp3) is 0.500. The van der Waals surface area contributed by atoms with Gasteiger partial charge in [-0.05, 0) is 5.92 Å². The molecular weight excluding hydrogens is 201 g/mol. The molecule has 0 bridgehead atoms. The van der Waals surface area contributed by atoms with E-state index in [1.54, 1.807) is 0 Å². The van der Waals surface area contributed by atoms with Crippen LogP contribution in [0.15, 0.2) is 11.6 Å². The Morgan fingerprint density at radius 3 is 2.47 bits per heavy atom. The Labute approximate surface area is 88.6 Å². The lowest BCUT2D eigenvalue weighted by Gasteiger charge is -2.04. The van der Waals surface area contributed by atoms with Crippen LogP contribution in [0.5, 0.6) is 0 Å². The third-order valence-corrected chi connectivity index (χ3v) is 1.90. The zero-order valence-corrected chi connectivity index (χ0v) is 8.78. The van der Waals surface area contributed by atoms with Gasteiger partial charge in [0.25, 0.3) is 0 Å². The molecular formula is C12H13F3. The first-order valence-electron chi connectivity index (χ1n) is 4.64. The van der Waals surface area contributed by atoms with Crippen LogP contribution >= 0.6 is 0 Å². The predicted molar refractivity (Wildman–Crippen MR) is 54.8 cm³/mol. The highest BCUT2D eigenvalue weighted by Crippen LogP contribution is 2.24. The van der Waals surface area contributed by atoms with Gasteiger partial charge < -0.3 is 0 Å². The molecule has 0 rings (SSSR count). The summed E-state index contributed by atoms with van der Waals surface area (Å²) in [6.07, 6.45) is 2.35. The Balaban J connectivity index is 4.59. The van der Waals surface area contributed by atoms with Crippen molar-refractivity contribution in [2.45, 2.75) is 32.9 Å². The molecule has 0 amide bonds. The second kappa shape index (κ2) is 6.19. The van der Waals surface area contributed by atoms with Crippen molar-refractivity contribution >= 4 is 0 Å². The van der Waals surface area contributed by atoms with Crippen LogP contribution in [0.25, 0.3) is 0 Å². The Morgan fingerprint density at radius 2 is 2.07 bits per heavy atom.